The summed E-state index contributed by atoms with van der Waals surface area (Å²) < 4.78 is 7.16. The summed E-state index contributed by atoms with van der Waals surface area (Å²) in [5, 5.41) is 8.41. The van der Waals surface area contributed by atoms with Crippen LogP contribution in [0.1, 0.15) is 35.7 Å². The average Bonchev–Trinajstić information content (AvgIpc) is 2.95. The van der Waals surface area contributed by atoms with Crippen LogP contribution in [0.3, 0.4) is 0 Å². The number of ether oxygens (including phenoxy) is 1. The van der Waals surface area contributed by atoms with Gasteiger partial charge >= 0.3 is 0 Å². The predicted molar refractivity (Wildman–Crippen MR) is 83.1 cm³/mol. The molecule has 0 radical (unpaired) electrons. The van der Waals surface area contributed by atoms with Crippen LogP contribution in [0.4, 0.5) is 0 Å². The van der Waals surface area contributed by atoms with E-state index in [9.17, 15) is 0 Å². The topological polar surface area (TPSA) is 39.1 Å². The zero-order chi connectivity index (χ0) is 14.5. The second-order valence-corrected chi connectivity index (χ2v) is 5.61. The first-order valence-electron chi connectivity index (χ1n) is 7.69. The Labute approximate surface area is 126 Å². The maximum Gasteiger partial charge on any atom is 0.0825 e. The number of hydrogen-bond donors (Lipinski definition) is 1. The van der Waals surface area contributed by atoms with Gasteiger partial charge in [0.05, 0.1) is 24.9 Å². The number of aryl methyl sites for hydroxylation is 1. The summed E-state index contributed by atoms with van der Waals surface area (Å²) in [7, 11) is 1.73. The normalized spacial score (nSPS) is 17.7. The number of rotatable bonds is 6. The van der Waals surface area contributed by atoms with Gasteiger partial charge in [-0.25, -0.2) is 0 Å². The van der Waals surface area contributed by atoms with Gasteiger partial charge in [0.25, 0.3) is 0 Å². The number of nitrogens with zero attached hydrogens (tertiary/aromatic N) is 2. The quantitative estimate of drug-likeness (QED) is 0.887. The SMILES string of the molecule is COCCn1cc2c(n1)C(NCc1ccccc1)CCC2. The molecular weight excluding hydrogens is 262 g/mol. The molecule has 4 heteroatoms. The average molecular weight is 285 g/mol. The summed E-state index contributed by atoms with van der Waals surface area (Å²) in [6.07, 6.45) is 5.73. The molecule has 1 unspecified atom stereocenters. The minimum atomic E-state index is 0.373. The Bertz CT molecular complexity index is 565. The number of hydrogen-bond acceptors (Lipinski definition) is 3. The van der Waals surface area contributed by atoms with Gasteiger partial charge in [0.2, 0.25) is 0 Å². The first-order chi connectivity index (χ1) is 10.4. The van der Waals surface area contributed by atoms with Gasteiger partial charge in [0.1, 0.15) is 0 Å². The Kier molecular flexibility index (Phi) is 4.68. The second-order valence-electron chi connectivity index (χ2n) is 5.61. The number of benzene rings is 1. The first kappa shape index (κ1) is 14.3. The number of nitrogens with one attached hydrogen (secondary N) is 1. The Morgan fingerprint density at radius 1 is 1.33 bits per heavy atom. The van der Waals surface area contributed by atoms with Gasteiger partial charge in [-0.1, -0.05) is 30.3 Å². The molecule has 4 nitrogen and oxygen atoms in total. The lowest BCUT2D eigenvalue weighted by Gasteiger charge is -2.22. The van der Waals surface area contributed by atoms with Crippen molar-refractivity contribution in [2.75, 3.05) is 13.7 Å². The van der Waals surface area contributed by atoms with Crippen LogP contribution >= 0.6 is 0 Å². The summed E-state index contributed by atoms with van der Waals surface area (Å²) in [6.45, 7) is 2.44. The molecule has 0 saturated carbocycles. The molecule has 0 saturated heterocycles. The Balaban J connectivity index is 1.66. The van der Waals surface area contributed by atoms with Gasteiger partial charge < -0.3 is 10.1 Å². The van der Waals surface area contributed by atoms with E-state index >= 15 is 0 Å². The van der Waals surface area contributed by atoms with E-state index < -0.39 is 0 Å². The molecule has 21 heavy (non-hydrogen) atoms. The van der Waals surface area contributed by atoms with E-state index in [-0.39, 0.29) is 0 Å². The molecule has 2 aromatic rings. The zero-order valence-electron chi connectivity index (χ0n) is 12.6. The minimum Gasteiger partial charge on any atom is -0.383 e. The monoisotopic (exact) mass is 285 g/mol. The van der Waals surface area contributed by atoms with Crippen LogP contribution in [-0.2, 0) is 24.2 Å². The summed E-state index contributed by atoms with van der Waals surface area (Å²) >= 11 is 0. The molecule has 0 aliphatic heterocycles. The Morgan fingerprint density at radius 3 is 3.00 bits per heavy atom. The molecule has 1 aromatic carbocycles. The van der Waals surface area contributed by atoms with Crippen molar-refractivity contribution in [2.24, 2.45) is 0 Å². The minimum absolute atomic E-state index is 0.373. The van der Waals surface area contributed by atoms with Crippen LogP contribution in [0.5, 0.6) is 0 Å². The van der Waals surface area contributed by atoms with Crippen LogP contribution < -0.4 is 5.32 Å². The third-order valence-electron chi connectivity index (χ3n) is 4.06. The van der Waals surface area contributed by atoms with Crippen molar-refractivity contribution in [1.82, 2.24) is 15.1 Å². The maximum atomic E-state index is 5.13. The number of methoxy groups -OCH3 is 1. The van der Waals surface area contributed by atoms with Crippen LogP contribution in [0, 0.1) is 0 Å². The summed E-state index contributed by atoms with van der Waals surface area (Å²) in [4.78, 5) is 0. The van der Waals surface area contributed by atoms with Crippen molar-refractivity contribution in [3.8, 4) is 0 Å². The molecule has 1 aliphatic carbocycles. The fraction of sp³-hybridized carbons (Fsp3) is 0.471. The highest BCUT2D eigenvalue weighted by atomic mass is 16.5. The Morgan fingerprint density at radius 2 is 2.19 bits per heavy atom. The van der Waals surface area contributed by atoms with Crippen LogP contribution in [0.25, 0.3) is 0 Å². The highest BCUT2D eigenvalue weighted by molar-refractivity contribution is 5.24. The van der Waals surface area contributed by atoms with Crippen molar-refractivity contribution in [1.29, 1.82) is 0 Å². The van der Waals surface area contributed by atoms with Crippen LogP contribution in [-0.4, -0.2) is 23.5 Å². The molecule has 0 fully saturated rings. The van der Waals surface area contributed by atoms with Crippen molar-refractivity contribution in [3.63, 3.8) is 0 Å². The van der Waals surface area contributed by atoms with Crippen molar-refractivity contribution >= 4 is 0 Å². The van der Waals surface area contributed by atoms with Gasteiger partial charge in [-0.3, -0.25) is 4.68 Å². The molecule has 1 aromatic heterocycles. The molecule has 0 bridgehead atoms. The van der Waals surface area contributed by atoms with E-state index in [1.54, 1.807) is 7.11 Å². The molecule has 1 N–H and O–H groups in total. The van der Waals surface area contributed by atoms with Crippen LogP contribution in [0.2, 0.25) is 0 Å². The van der Waals surface area contributed by atoms with E-state index in [1.165, 1.54) is 29.7 Å². The van der Waals surface area contributed by atoms with Crippen molar-refractivity contribution < 1.29 is 4.74 Å². The summed E-state index contributed by atoms with van der Waals surface area (Å²) in [5.74, 6) is 0. The molecule has 3 rings (SSSR count). The fourth-order valence-electron chi connectivity index (χ4n) is 2.93. The summed E-state index contributed by atoms with van der Waals surface area (Å²) in [5.41, 5.74) is 3.94. The lowest BCUT2D eigenvalue weighted by molar-refractivity contribution is 0.183. The van der Waals surface area contributed by atoms with E-state index in [4.69, 9.17) is 9.84 Å². The van der Waals surface area contributed by atoms with Crippen molar-refractivity contribution in [2.45, 2.75) is 38.4 Å². The van der Waals surface area contributed by atoms with E-state index in [0.717, 1.165) is 19.5 Å². The van der Waals surface area contributed by atoms with Gasteiger partial charge in [-0.05, 0) is 30.4 Å². The third-order valence-corrected chi connectivity index (χ3v) is 4.06. The lowest BCUT2D eigenvalue weighted by Crippen LogP contribution is -2.25. The molecular formula is C17H23N3O. The molecule has 1 atom stereocenters. The smallest absolute Gasteiger partial charge is 0.0825 e. The third kappa shape index (κ3) is 3.52. The van der Waals surface area contributed by atoms with Crippen LogP contribution in [0.15, 0.2) is 36.5 Å². The largest absolute Gasteiger partial charge is 0.383 e. The second kappa shape index (κ2) is 6.87. The van der Waals surface area contributed by atoms with E-state index in [1.807, 2.05) is 4.68 Å². The van der Waals surface area contributed by atoms with E-state index in [0.29, 0.717) is 12.6 Å². The summed E-state index contributed by atoms with van der Waals surface area (Å²) in [6, 6.07) is 10.9. The number of fused-ring (bicyclic) bond motifs is 1. The molecule has 0 spiro atoms. The lowest BCUT2D eigenvalue weighted by atomic mass is 9.93. The maximum absolute atomic E-state index is 5.13. The van der Waals surface area contributed by atoms with Gasteiger partial charge in [0.15, 0.2) is 0 Å². The zero-order valence-corrected chi connectivity index (χ0v) is 12.6. The first-order valence-corrected chi connectivity index (χ1v) is 7.69. The number of aromatic nitrogens is 2. The highest BCUT2D eigenvalue weighted by Crippen LogP contribution is 2.28. The fourth-order valence-corrected chi connectivity index (χ4v) is 2.93. The standard InChI is InChI=1S/C17H23N3O/c1-21-11-10-20-13-15-8-5-9-16(17(15)19-20)18-12-14-6-3-2-4-7-14/h2-4,6-7,13,16,18H,5,8-12H2,1H3. The highest BCUT2D eigenvalue weighted by Gasteiger charge is 2.23. The molecule has 1 aliphatic rings. The van der Waals surface area contributed by atoms with E-state index in [2.05, 4.69) is 41.8 Å². The van der Waals surface area contributed by atoms with Gasteiger partial charge in [-0.15, -0.1) is 0 Å². The molecule has 0 amide bonds. The molecule has 1 heterocycles. The van der Waals surface area contributed by atoms with Gasteiger partial charge in [0, 0.05) is 19.9 Å². The van der Waals surface area contributed by atoms with Gasteiger partial charge in [-0.2, -0.15) is 5.10 Å². The molecule has 112 valence electrons. The predicted octanol–water partition coefficient (Wildman–Crippen LogP) is 2.70. The van der Waals surface area contributed by atoms with Crippen molar-refractivity contribution in [3.05, 3.63) is 53.3 Å². The Hall–Kier alpha value is -1.65.